The first-order chi connectivity index (χ1) is 20.9. The lowest BCUT2D eigenvalue weighted by Gasteiger charge is -2.46. The van der Waals surface area contributed by atoms with E-state index in [0.717, 1.165) is 12.0 Å². The summed E-state index contributed by atoms with van der Waals surface area (Å²) in [5.41, 5.74) is 1.31. The average molecular weight is 608 g/mol. The molecule has 1 N–H and O–H groups in total. The number of rotatable bonds is 6. The largest absolute Gasteiger partial charge is 0.519 e. The van der Waals surface area contributed by atoms with Crippen LogP contribution in [0.5, 0.6) is 5.88 Å². The highest BCUT2D eigenvalue weighted by atomic mass is 19.1. The summed E-state index contributed by atoms with van der Waals surface area (Å²) in [7, 11) is 2.72. The number of benzene rings is 1. The number of aromatic nitrogens is 1. The minimum absolute atomic E-state index is 0.00615. The third kappa shape index (κ3) is 4.67. The van der Waals surface area contributed by atoms with E-state index in [1.807, 2.05) is 13.8 Å². The molecule has 1 aromatic carbocycles. The van der Waals surface area contributed by atoms with Gasteiger partial charge in [0, 0.05) is 36.2 Å². The number of hydrogen-bond donors (Lipinski definition) is 1. The van der Waals surface area contributed by atoms with Gasteiger partial charge in [-0.3, -0.25) is 14.4 Å². The second-order valence-electron chi connectivity index (χ2n) is 12.5. The fourth-order valence-corrected chi connectivity index (χ4v) is 7.18. The van der Waals surface area contributed by atoms with Crippen LogP contribution in [0.15, 0.2) is 37.9 Å². The summed E-state index contributed by atoms with van der Waals surface area (Å²) in [4.78, 5) is 58.7. The number of fused-ring (bicyclic) bond motifs is 2. The molecule has 12 heteroatoms. The van der Waals surface area contributed by atoms with Crippen molar-refractivity contribution in [3.63, 3.8) is 0 Å². The fourth-order valence-electron chi connectivity index (χ4n) is 7.18. The molecule has 2 amide bonds. The molecule has 3 heterocycles. The van der Waals surface area contributed by atoms with Crippen LogP contribution in [0.25, 0.3) is 0 Å². The zero-order valence-corrected chi connectivity index (χ0v) is 25.2. The van der Waals surface area contributed by atoms with E-state index in [-0.39, 0.29) is 48.0 Å². The number of nitrogens with zero attached hydrogens (tertiary/aromatic N) is 2. The van der Waals surface area contributed by atoms with Crippen LogP contribution in [0.1, 0.15) is 73.1 Å². The summed E-state index contributed by atoms with van der Waals surface area (Å²) in [6.07, 6.45) is 1.88. The Kier molecular flexibility index (Phi) is 7.13. The minimum Gasteiger partial charge on any atom is -0.481 e. The quantitative estimate of drug-likeness (QED) is 0.413. The smallest absolute Gasteiger partial charge is 0.481 e. The lowest BCUT2D eigenvalue weighted by atomic mass is 9.59. The maximum Gasteiger partial charge on any atom is 0.519 e. The van der Waals surface area contributed by atoms with Crippen LogP contribution in [-0.2, 0) is 42.8 Å². The topological polar surface area (TPSA) is 141 Å². The van der Waals surface area contributed by atoms with Crippen molar-refractivity contribution in [1.29, 1.82) is 0 Å². The number of amides is 2. The minimum atomic E-state index is -1.36. The van der Waals surface area contributed by atoms with Crippen molar-refractivity contribution in [1.82, 2.24) is 9.88 Å². The molecule has 1 fully saturated rings. The second kappa shape index (κ2) is 10.6. The molecule has 3 aliphatic rings. The van der Waals surface area contributed by atoms with E-state index in [1.54, 1.807) is 18.2 Å². The number of pyridine rings is 1. The molecule has 2 aliphatic carbocycles. The molecule has 1 saturated carbocycles. The van der Waals surface area contributed by atoms with Crippen LogP contribution in [-0.4, -0.2) is 48.4 Å². The van der Waals surface area contributed by atoms with E-state index in [1.165, 1.54) is 32.1 Å². The summed E-state index contributed by atoms with van der Waals surface area (Å²) in [5, 5.41) is 2.85. The van der Waals surface area contributed by atoms with E-state index < -0.39 is 35.1 Å². The van der Waals surface area contributed by atoms with Gasteiger partial charge in [0.15, 0.2) is 5.76 Å². The molecule has 0 radical (unpaired) electrons. The van der Waals surface area contributed by atoms with E-state index in [0.29, 0.717) is 41.2 Å². The van der Waals surface area contributed by atoms with Crippen molar-refractivity contribution in [2.75, 3.05) is 26.1 Å². The third-order valence-corrected chi connectivity index (χ3v) is 9.35. The van der Waals surface area contributed by atoms with Gasteiger partial charge >= 0.3 is 11.8 Å². The van der Waals surface area contributed by atoms with Crippen molar-refractivity contribution in [2.24, 2.45) is 5.92 Å². The summed E-state index contributed by atoms with van der Waals surface area (Å²) >= 11 is 0. The van der Waals surface area contributed by atoms with E-state index in [2.05, 4.69) is 10.3 Å². The zero-order valence-electron chi connectivity index (χ0n) is 25.2. The lowest BCUT2D eigenvalue weighted by molar-refractivity contribution is -0.161. The molecule has 232 valence electrons. The maximum atomic E-state index is 15.3. The van der Waals surface area contributed by atoms with Crippen molar-refractivity contribution >= 4 is 23.5 Å². The van der Waals surface area contributed by atoms with Gasteiger partial charge in [0.1, 0.15) is 23.0 Å². The summed E-state index contributed by atoms with van der Waals surface area (Å²) < 4.78 is 35.7. The second-order valence-corrected chi connectivity index (χ2v) is 12.5. The first kappa shape index (κ1) is 29.6. The van der Waals surface area contributed by atoms with Gasteiger partial charge in [-0.05, 0) is 67.3 Å². The molecule has 2 aromatic heterocycles. The highest BCUT2D eigenvalue weighted by molar-refractivity contribution is 5.99. The Morgan fingerprint density at radius 2 is 1.86 bits per heavy atom. The molecule has 1 atom stereocenters. The van der Waals surface area contributed by atoms with Gasteiger partial charge in [-0.25, -0.2) is 14.2 Å². The molecular formula is C32H34FN3O8. The van der Waals surface area contributed by atoms with E-state index >= 15 is 4.39 Å². The number of carbonyl (C=O) groups excluding carboxylic acids is 3. The van der Waals surface area contributed by atoms with Crippen LogP contribution in [0.3, 0.4) is 0 Å². The SMILES string of the molecule is COC(=O)C1(c2oc(=O)oc2C)CC(C(=O)N2CCc3nc(OC)ccc3[C@@H]2C(=O)Nc2cc(F)c3c(c2)CCC3(C)C)C1. The van der Waals surface area contributed by atoms with Crippen molar-refractivity contribution < 1.29 is 37.1 Å². The summed E-state index contributed by atoms with van der Waals surface area (Å²) in [5.74, 6) is -2.95. The molecule has 3 aromatic rings. The highest BCUT2D eigenvalue weighted by Gasteiger charge is 2.59. The Morgan fingerprint density at radius 3 is 2.52 bits per heavy atom. The molecule has 0 bridgehead atoms. The first-order valence-corrected chi connectivity index (χ1v) is 14.6. The summed E-state index contributed by atoms with van der Waals surface area (Å²) in [6.45, 7) is 5.69. The van der Waals surface area contributed by atoms with Gasteiger partial charge in [0.2, 0.25) is 11.8 Å². The standard InChI is InChI=1S/C32H34FN3O8/c1-16-26(44-30(40)43-16)32(29(39)42-5)14-18(15-32)28(38)36-11-9-22-20(6-7-23(35-22)41-4)25(36)27(37)34-19-12-17-8-10-31(2,3)24(17)21(33)13-19/h6-7,12-13,18,25H,8-11,14-15H2,1-5H3,(H,34,37)/t18?,25-,32?/m1/s1. The Balaban J connectivity index is 1.31. The van der Waals surface area contributed by atoms with Crippen LogP contribution >= 0.6 is 0 Å². The third-order valence-electron chi connectivity index (χ3n) is 9.35. The number of halogens is 1. The van der Waals surface area contributed by atoms with Crippen molar-refractivity contribution in [3.8, 4) is 5.88 Å². The normalized spacial score (nSPS) is 23.3. The number of hydrogen-bond acceptors (Lipinski definition) is 9. The number of aryl methyl sites for hydroxylation is 2. The Labute approximate surface area is 252 Å². The number of carbonyl (C=O) groups is 3. The molecular weight excluding hydrogens is 573 g/mol. The lowest BCUT2D eigenvalue weighted by Crippen LogP contribution is -2.56. The number of ether oxygens (including phenoxy) is 2. The van der Waals surface area contributed by atoms with Crippen molar-refractivity contribution in [2.45, 2.75) is 69.7 Å². The Morgan fingerprint density at radius 1 is 1.11 bits per heavy atom. The molecule has 0 spiro atoms. The Bertz CT molecular complexity index is 1740. The average Bonchev–Trinajstić information content (AvgIpc) is 3.47. The molecule has 1 aliphatic heterocycles. The van der Waals surface area contributed by atoms with Gasteiger partial charge in [-0.1, -0.05) is 13.8 Å². The van der Waals surface area contributed by atoms with Crippen LogP contribution in [0.2, 0.25) is 0 Å². The van der Waals surface area contributed by atoms with Crippen molar-refractivity contribution in [3.05, 3.63) is 74.6 Å². The van der Waals surface area contributed by atoms with Crippen LogP contribution in [0.4, 0.5) is 10.1 Å². The number of esters is 1. The molecule has 6 rings (SSSR count). The van der Waals surface area contributed by atoms with Gasteiger partial charge < -0.3 is 28.5 Å². The van der Waals surface area contributed by atoms with Gasteiger partial charge in [0.05, 0.1) is 19.9 Å². The fraction of sp³-hybridized carbons (Fsp3) is 0.469. The molecule has 11 nitrogen and oxygen atoms in total. The monoisotopic (exact) mass is 607 g/mol. The highest BCUT2D eigenvalue weighted by Crippen LogP contribution is 2.51. The van der Waals surface area contributed by atoms with E-state index in [9.17, 15) is 19.2 Å². The van der Waals surface area contributed by atoms with Crippen LogP contribution in [0, 0.1) is 18.7 Å². The van der Waals surface area contributed by atoms with Gasteiger partial charge in [0.25, 0.3) is 5.91 Å². The number of anilines is 1. The number of methoxy groups -OCH3 is 2. The first-order valence-electron chi connectivity index (χ1n) is 14.6. The Hall–Kier alpha value is -4.48. The van der Waals surface area contributed by atoms with Gasteiger partial charge in [-0.15, -0.1) is 0 Å². The zero-order chi connectivity index (χ0) is 31.6. The summed E-state index contributed by atoms with van der Waals surface area (Å²) in [6, 6.07) is 5.38. The molecule has 0 unspecified atom stereocenters. The van der Waals surface area contributed by atoms with Crippen LogP contribution < -0.4 is 15.9 Å². The maximum absolute atomic E-state index is 15.3. The predicted octanol–water partition coefficient (Wildman–Crippen LogP) is 3.89. The van der Waals surface area contributed by atoms with E-state index in [4.69, 9.17) is 18.3 Å². The molecule has 44 heavy (non-hydrogen) atoms. The number of nitrogens with one attached hydrogen (secondary N) is 1. The van der Waals surface area contributed by atoms with Gasteiger partial charge in [-0.2, -0.15) is 0 Å². The molecule has 0 saturated heterocycles. The predicted molar refractivity (Wildman–Crippen MR) is 154 cm³/mol.